The molecule has 0 fully saturated rings. The largest absolute Gasteiger partial charge is 0.463 e. The molecule has 0 radical (unpaired) electrons. The van der Waals surface area contributed by atoms with Crippen LogP contribution in [0.5, 0.6) is 0 Å². The van der Waals surface area contributed by atoms with Gasteiger partial charge in [0.2, 0.25) is 0 Å². The van der Waals surface area contributed by atoms with Gasteiger partial charge in [0.15, 0.2) is 5.78 Å². The number of aliphatic hydroxyl groups excluding tert-OH is 1. The highest BCUT2D eigenvalue weighted by Gasteiger charge is 2.11. The third-order valence-electron chi connectivity index (χ3n) is 2.01. The predicted octanol–water partition coefficient (Wildman–Crippen LogP) is 1.18. The second-order valence-electron chi connectivity index (χ2n) is 3.38. The third kappa shape index (κ3) is 3.82. The highest BCUT2D eigenvalue weighted by Crippen LogP contribution is 2.03. The Hall–Kier alpha value is -1.68. The Morgan fingerprint density at radius 1 is 1.31 bits per heavy atom. The maximum atomic E-state index is 11.5. The molecule has 4 nitrogen and oxygen atoms in total. The lowest BCUT2D eigenvalue weighted by molar-refractivity contribution is -0.152. The Balaban J connectivity index is 2.34. The standard InChI is InChI=1S/C12H14O4/c1-9(13)12(15)16-8-7-11(14)10-5-3-2-4-6-10/h2-6,9,13H,7-8H2,1H3. The fourth-order valence-corrected chi connectivity index (χ4v) is 1.13. The van der Waals surface area contributed by atoms with Crippen molar-refractivity contribution in [2.45, 2.75) is 19.4 Å². The number of esters is 1. The van der Waals surface area contributed by atoms with Gasteiger partial charge in [0.1, 0.15) is 6.10 Å². The van der Waals surface area contributed by atoms with E-state index in [4.69, 9.17) is 5.11 Å². The number of carbonyl (C=O) groups excluding carboxylic acids is 2. The summed E-state index contributed by atoms with van der Waals surface area (Å²) < 4.78 is 4.69. The summed E-state index contributed by atoms with van der Waals surface area (Å²) in [7, 11) is 0. The highest BCUT2D eigenvalue weighted by atomic mass is 16.5. The molecule has 4 heteroatoms. The van der Waals surface area contributed by atoms with Gasteiger partial charge in [-0.1, -0.05) is 30.3 Å². The summed E-state index contributed by atoms with van der Waals surface area (Å²) in [6.07, 6.45) is -1.02. The van der Waals surface area contributed by atoms with Crippen molar-refractivity contribution in [3.05, 3.63) is 35.9 Å². The van der Waals surface area contributed by atoms with E-state index in [1.807, 2.05) is 6.07 Å². The number of benzene rings is 1. The highest BCUT2D eigenvalue weighted by molar-refractivity contribution is 5.96. The van der Waals surface area contributed by atoms with Crippen molar-refractivity contribution < 1.29 is 19.4 Å². The van der Waals surface area contributed by atoms with Crippen LogP contribution in [-0.4, -0.2) is 29.6 Å². The molecule has 1 atom stereocenters. The summed E-state index contributed by atoms with van der Waals surface area (Å²) in [6, 6.07) is 8.78. The van der Waals surface area contributed by atoms with E-state index < -0.39 is 12.1 Å². The van der Waals surface area contributed by atoms with Crippen LogP contribution in [0.25, 0.3) is 0 Å². The van der Waals surface area contributed by atoms with Crippen LogP contribution in [0.3, 0.4) is 0 Å². The van der Waals surface area contributed by atoms with Crippen molar-refractivity contribution in [2.75, 3.05) is 6.61 Å². The molecule has 86 valence electrons. The van der Waals surface area contributed by atoms with Crippen molar-refractivity contribution in [3.8, 4) is 0 Å². The Bertz CT molecular complexity index is 357. The van der Waals surface area contributed by atoms with Gasteiger partial charge < -0.3 is 9.84 Å². The van der Waals surface area contributed by atoms with Gasteiger partial charge in [-0.2, -0.15) is 0 Å². The Morgan fingerprint density at radius 3 is 2.50 bits per heavy atom. The van der Waals surface area contributed by atoms with Gasteiger partial charge in [0.25, 0.3) is 0 Å². The van der Waals surface area contributed by atoms with Crippen LogP contribution < -0.4 is 0 Å². The average Bonchev–Trinajstić information content (AvgIpc) is 2.29. The lowest BCUT2D eigenvalue weighted by Gasteiger charge is -2.05. The Morgan fingerprint density at radius 2 is 1.94 bits per heavy atom. The maximum Gasteiger partial charge on any atom is 0.334 e. The minimum Gasteiger partial charge on any atom is -0.463 e. The van der Waals surface area contributed by atoms with Crippen LogP contribution in [0, 0.1) is 0 Å². The Kier molecular flexibility index (Phi) is 4.66. The average molecular weight is 222 g/mol. The second-order valence-corrected chi connectivity index (χ2v) is 3.38. The zero-order valence-electron chi connectivity index (χ0n) is 9.05. The summed E-state index contributed by atoms with van der Waals surface area (Å²) in [5, 5.41) is 8.84. The first-order chi connectivity index (χ1) is 7.61. The third-order valence-corrected chi connectivity index (χ3v) is 2.01. The first kappa shape index (κ1) is 12.4. The summed E-state index contributed by atoms with van der Waals surface area (Å²) in [4.78, 5) is 22.4. The monoisotopic (exact) mass is 222 g/mol. The lowest BCUT2D eigenvalue weighted by Crippen LogP contribution is -2.20. The van der Waals surface area contributed by atoms with E-state index in [2.05, 4.69) is 4.74 Å². The van der Waals surface area contributed by atoms with Gasteiger partial charge in [-0.25, -0.2) is 4.79 Å². The zero-order chi connectivity index (χ0) is 12.0. The SMILES string of the molecule is CC(O)C(=O)OCCC(=O)c1ccccc1. The molecule has 1 rings (SSSR count). The second kappa shape index (κ2) is 6.02. The molecular weight excluding hydrogens is 208 g/mol. The number of hydrogen-bond acceptors (Lipinski definition) is 4. The summed E-state index contributed by atoms with van der Waals surface area (Å²) in [5.41, 5.74) is 0.593. The van der Waals surface area contributed by atoms with Crippen molar-refractivity contribution in [3.63, 3.8) is 0 Å². The van der Waals surface area contributed by atoms with Gasteiger partial charge in [-0.15, -0.1) is 0 Å². The molecule has 1 unspecified atom stereocenters. The predicted molar refractivity (Wildman–Crippen MR) is 58.0 cm³/mol. The van der Waals surface area contributed by atoms with Crippen LogP contribution in [0.4, 0.5) is 0 Å². The number of rotatable bonds is 5. The molecule has 0 heterocycles. The van der Waals surface area contributed by atoms with Gasteiger partial charge in [0.05, 0.1) is 6.61 Å². The molecule has 0 spiro atoms. The van der Waals surface area contributed by atoms with E-state index >= 15 is 0 Å². The molecular formula is C12H14O4. The first-order valence-electron chi connectivity index (χ1n) is 5.04. The van der Waals surface area contributed by atoms with Crippen molar-refractivity contribution in [1.82, 2.24) is 0 Å². The van der Waals surface area contributed by atoms with Gasteiger partial charge >= 0.3 is 5.97 Å². The summed E-state index contributed by atoms with van der Waals surface area (Å²) in [6.45, 7) is 1.32. The molecule has 1 aromatic carbocycles. The van der Waals surface area contributed by atoms with Crippen LogP contribution in [-0.2, 0) is 9.53 Å². The van der Waals surface area contributed by atoms with Gasteiger partial charge in [0, 0.05) is 12.0 Å². The normalized spacial score (nSPS) is 11.9. The van der Waals surface area contributed by atoms with E-state index in [0.717, 1.165) is 0 Å². The molecule has 0 aliphatic heterocycles. The van der Waals surface area contributed by atoms with Gasteiger partial charge in [-0.3, -0.25) is 4.79 Å². The Labute approximate surface area is 93.9 Å². The van der Waals surface area contributed by atoms with Crippen molar-refractivity contribution in [1.29, 1.82) is 0 Å². The van der Waals surface area contributed by atoms with Gasteiger partial charge in [-0.05, 0) is 6.92 Å². The first-order valence-corrected chi connectivity index (χ1v) is 5.04. The van der Waals surface area contributed by atoms with E-state index in [1.54, 1.807) is 24.3 Å². The van der Waals surface area contributed by atoms with E-state index in [0.29, 0.717) is 5.56 Å². The van der Waals surface area contributed by atoms with Crippen LogP contribution >= 0.6 is 0 Å². The van der Waals surface area contributed by atoms with Crippen LogP contribution in [0.1, 0.15) is 23.7 Å². The molecule has 0 saturated heterocycles. The fourth-order valence-electron chi connectivity index (χ4n) is 1.13. The number of aliphatic hydroxyl groups is 1. The smallest absolute Gasteiger partial charge is 0.334 e. The van der Waals surface area contributed by atoms with E-state index in [-0.39, 0.29) is 18.8 Å². The molecule has 1 N–H and O–H groups in total. The molecule has 0 bridgehead atoms. The van der Waals surface area contributed by atoms with E-state index in [9.17, 15) is 9.59 Å². The van der Waals surface area contributed by atoms with Crippen LogP contribution in [0.15, 0.2) is 30.3 Å². The number of ether oxygens (including phenoxy) is 1. The van der Waals surface area contributed by atoms with Crippen molar-refractivity contribution in [2.24, 2.45) is 0 Å². The summed E-state index contributed by atoms with van der Waals surface area (Å²) >= 11 is 0. The molecule has 16 heavy (non-hydrogen) atoms. The number of carbonyl (C=O) groups is 2. The zero-order valence-corrected chi connectivity index (χ0v) is 9.05. The lowest BCUT2D eigenvalue weighted by atomic mass is 10.1. The quantitative estimate of drug-likeness (QED) is 0.600. The molecule has 0 aliphatic rings. The molecule has 0 saturated carbocycles. The number of ketones is 1. The van der Waals surface area contributed by atoms with Crippen molar-refractivity contribution >= 4 is 11.8 Å². The fraction of sp³-hybridized carbons (Fsp3) is 0.333. The molecule has 0 aromatic heterocycles. The molecule has 1 aromatic rings. The number of Topliss-reactive ketones (excluding diaryl/α,β-unsaturated/α-hetero) is 1. The minimum absolute atomic E-state index is 0.00252. The molecule has 0 aliphatic carbocycles. The topological polar surface area (TPSA) is 63.6 Å². The molecule has 0 amide bonds. The van der Waals surface area contributed by atoms with E-state index in [1.165, 1.54) is 6.92 Å². The summed E-state index contributed by atoms with van der Waals surface area (Å²) in [5.74, 6) is -0.792. The maximum absolute atomic E-state index is 11.5. The van der Waals surface area contributed by atoms with Crippen LogP contribution in [0.2, 0.25) is 0 Å². The minimum atomic E-state index is -1.15. The number of hydrogen-bond donors (Lipinski definition) is 1.